The standard InChI is InChI=1S/C16H24N2O2.ClH/c1-17-10-7-13-8-11-18(12-9-13)16(19)14-3-5-15(20-2)6-4-14;/h3-6,13,17H,7-12H2,1-2H3;1H. The van der Waals surface area contributed by atoms with Crippen LogP contribution in [0.3, 0.4) is 0 Å². The summed E-state index contributed by atoms with van der Waals surface area (Å²) in [6.07, 6.45) is 3.44. The Bertz CT molecular complexity index is 428. The molecule has 2 rings (SSSR count). The molecule has 4 nitrogen and oxygen atoms in total. The van der Waals surface area contributed by atoms with Gasteiger partial charge in [0.1, 0.15) is 5.75 Å². The van der Waals surface area contributed by atoms with Gasteiger partial charge in [-0.1, -0.05) is 0 Å². The van der Waals surface area contributed by atoms with Crippen molar-refractivity contribution in [2.45, 2.75) is 19.3 Å². The van der Waals surface area contributed by atoms with Crippen molar-refractivity contribution in [1.29, 1.82) is 0 Å². The zero-order chi connectivity index (χ0) is 14.4. The lowest BCUT2D eigenvalue weighted by Crippen LogP contribution is -2.38. The van der Waals surface area contributed by atoms with E-state index in [1.54, 1.807) is 7.11 Å². The summed E-state index contributed by atoms with van der Waals surface area (Å²) in [5.41, 5.74) is 0.750. The van der Waals surface area contributed by atoms with E-state index in [1.165, 1.54) is 6.42 Å². The maximum Gasteiger partial charge on any atom is 0.253 e. The molecule has 0 spiro atoms. The third-order valence-corrected chi connectivity index (χ3v) is 4.04. The van der Waals surface area contributed by atoms with Gasteiger partial charge in [0.25, 0.3) is 5.91 Å². The molecule has 1 aromatic rings. The average molecular weight is 313 g/mol. The van der Waals surface area contributed by atoms with Gasteiger partial charge in [-0.05, 0) is 63.0 Å². The Hall–Kier alpha value is -1.26. The minimum Gasteiger partial charge on any atom is -0.497 e. The predicted molar refractivity (Wildman–Crippen MR) is 87.4 cm³/mol. The smallest absolute Gasteiger partial charge is 0.253 e. The molecule has 0 aliphatic carbocycles. The van der Waals surface area contributed by atoms with Gasteiger partial charge in [0, 0.05) is 18.7 Å². The van der Waals surface area contributed by atoms with Gasteiger partial charge in [0.2, 0.25) is 0 Å². The summed E-state index contributed by atoms with van der Waals surface area (Å²) >= 11 is 0. The van der Waals surface area contributed by atoms with Crippen LogP contribution in [0.25, 0.3) is 0 Å². The van der Waals surface area contributed by atoms with E-state index in [1.807, 2.05) is 36.2 Å². The molecule has 0 unspecified atom stereocenters. The molecular formula is C16H25ClN2O2. The summed E-state index contributed by atoms with van der Waals surface area (Å²) in [6, 6.07) is 7.36. The first-order valence-corrected chi connectivity index (χ1v) is 7.32. The van der Waals surface area contributed by atoms with Crippen LogP contribution < -0.4 is 10.1 Å². The fourth-order valence-electron chi connectivity index (χ4n) is 2.69. The van der Waals surface area contributed by atoms with Crippen LogP contribution in [-0.2, 0) is 0 Å². The second kappa shape index (κ2) is 8.90. The predicted octanol–water partition coefficient (Wildman–Crippen LogP) is 2.58. The van der Waals surface area contributed by atoms with Crippen LogP contribution >= 0.6 is 12.4 Å². The molecule has 0 bridgehead atoms. The largest absolute Gasteiger partial charge is 0.497 e. The number of halogens is 1. The number of rotatable bonds is 5. The highest BCUT2D eigenvalue weighted by Gasteiger charge is 2.23. The fourth-order valence-corrected chi connectivity index (χ4v) is 2.69. The lowest BCUT2D eigenvalue weighted by Gasteiger charge is -2.32. The maximum absolute atomic E-state index is 12.4. The number of likely N-dealkylation sites (tertiary alicyclic amines) is 1. The first-order chi connectivity index (χ1) is 9.74. The van der Waals surface area contributed by atoms with Gasteiger partial charge in [0.15, 0.2) is 0 Å². The van der Waals surface area contributed by atoms with Gasteiger partial charge in [-0.3, -0.25) is 4.79 Å². The fraction of sp³-hybridized carbons (Fsp3) is 0.562. The Morgan fingerprint density at radius 1 is 1.29 bits per heavy atom. The van der Waals surface area contributed by atoms with E-state index in [2.05, 4.69) is 5.32 Å². The van der Waals surface area contributed by atoms with E-state index in [-0.39, 0.29) is 18.3 Å². The summed E-state index contributed by atoms with van der Waals surface area (Å²) in [5.74, 6) is 1.68. The number of nitrogens with one attached hydrogen (secondary N) is 1. The van der Waals surface area contributed by atoms with Crippen LogP contribution in [0.2, 0.25) is 0 Å². The summed E-state index contributed by atoms with van der Waals surface area (Å²) in [6.45, 7) is 2.82. The third-order valence-electron chi connectivity index (χ3n) is 4.04. The Labute approximate surface area is 133 Å². The first-order valence-electron chi connectivity index (χ1n) is 7.32. The molecule has 1 N–H and O–H groups in total. The molecule has 0 saturated carbocycles. The number of nitrogens with zero attached hydrogens (tertiary/aromatic N) is 1. The minimum atomic E-state index is 0. The van der Waals surface area contributed by atoms with E-state index in [9.17, 15) is 4.79 Å². The third kappa shape index (κ3) is 4.90. The topological polar surface area (TPSA) is 41.6 Å². The molecular weight excluding hydrogens is 288 g/mol. The van der Waals surface area contributed by atoms with E-state index in [0.717, 1.165) is 49.7 Å². The number of ether oxygens (including phenoxy) is 1. The number of carbonyl (C=O) groups is 1. The molecule has 1 aliphatic heterocycles. The van der Waals surface area contributed by atoms with Crippen molar-refractivity contribution < 1.29 is 9.53 Å². The molecule has 0 aromatic heterocycles. The number of hydrogen-bond acceptors (Lipinski definition) is 3. The number of hydrogen-bond donors (Lipinski definition) is 1. The van der Waals surface area contributed by atoms with Crippen molar-refractivity contribution >= 4 is 18.3 Å². The maximum atomic E-state index is 12.4. The molecule has 0 radical (unpaired) electrons. The highest BCUT2D eigenvalue weighted by atomic mass is 35.5. The monoisotopic (exact) mass is 312 g/mol. The number of methoxy groups -OCH3 is 1. The lowest BCUT2D eigenvalue weighted by atomic mass is 9.93. The molecule has 5 heteroatoms. The second-order valence-corrected chi connectivity index (χ2v) is 5.36. The molecule has 1 aliphatic rings. The van der Waals surface area contributed by atoms with E-state index < -0.39 is 0 Å². The zero-order valence-electron chi connectivity index (χ0n) is 12.8. The summed E-state index contributed by atoms with van der Waals surface area (Å²) in [4.78, 5) is 14.4. The molecule has 21 heavy (non-hydrogen) atoms. The van der Waals surface area contributed by atoms with Gasteiger partial charge in [-0.2, -0.15) is 0 Å². The minimum absolute atomic E-state index is 0. The Kier molecular flexibility index (Phi) is 7.54. The van der Waals surface area contributed by atoms with Gasteiger partial charge >= 0.3 is 0 Å². The van der Waals surface area contributed by atoms with Gasteiger partial charge in [-0.25, -0.2) is 0 Å². The van der Waals surface area contributed by atoms with Crippen LogP contribution in [-0.4, -0.2) is 44.6 Å². The lowest BCUT2D eigenvalue weighted by molar-refractivity contribution is 0.0687. The van der Waals surface area contributed by atoms with Crippen LogP contribution in [0.5, 0.6) is 5.75 Å². The van der Waals surface area contributed by atoms with E-state index >= 15 is 0 Å². The molecule has 1 amide bonds. The number of amides is 1. The van der Waals surface area contributed by atoms with Crippen molar-refractivity contribution in [3.63, 3.8) is 0 Å². The quantitative estimate of drug-likeness (QED) is 0.908. The van der Waals surface area contributed by atoms with Crippen molar-refractivity contribution in [2.24, 2.45) is 5.92 Å². The zero-order valence-corrected chi connectivity index (χ0v) is 13.6. The molecule has 118 valence electrons. The van der Waals surface area contributed by atoms with E-state index in [4.69, 9.17) is 4.74 Å². The second-order valence-electron chi connectivity index (χ2n) is 5.36. The Morgan fingerprint density at radius 3 is 2.43 bits per heavy atom. The summed E-state index contributed by atoms with van der Waals surface area (Å²) in [5, 5.41) is 3.19. The van der Waals surface area contributed by atoms with Crippen LogP contribution in [0.4, 0.5) is 0 Å². The van der Waals surface area contributed by atoms with Crippen molar-refractivity contribution in [2.75, 3.05) is 33.8 Å². The molecule has 1 saturated heterocycles. The normalized spacial score (nSPS) is 15.4. The van der Waals surface area contributed by atoms with Crippen LogP contribution in [0, 0.1) is 5.92 Å². The van der Waals surface area contributed by atoms with Gasteiger partial charge in [0.05, 0.1) is 7.11 Å². The van der Waals surface area contributed by atoms with Gasteiger partial charge in [-0.15, -0.1) is 12.4 Å². The number of carbonyl (C=O) groups excluding carboxylic acids is 1. The first kappa shape index (κ1) is 17.8. The van der Waals surface area contributed by atoms with Crippen molar-refractivity contribution in [3.8, 4) is 5.75 Å². The highest BCUT2D eigenvalue weighted by Crippen LogP contribution is 2.22. The van der Waals surface area contributed by atoms with Crippen molar-refractivity contribution in [3.05, 3.63) is 29.8 Å². The highest BCUT2D eigenvalue weighted by molar-refractivity contribution is 5.94. The van der Waals surface area contributed by atoms with E-state index in [0.29, 0.717) is 0 Å². The van der Waals surface area contributed by atoms with Crippen molar-refractivity contribution in [1.82, 2.24) is 10.2 Å². The number of piperidine rings is 1. The average Bonchev–Trinajstić information content (AvgIpc) is 2.53. The molecule has 1 heterocycles. The van der Waals surface area contributed by atoms with Gasteiger partial charge < -0.3 is 15.0 Å². The Morgan fingerprint density at radius 2 is 1.90 bits per heavy atom. The SMILES string of the molecule is CNCCC1CCN(C(=O)c2ccc(OC)cc2)CC1.Cl. The van der Waals surface area contributed by atoms with Crippen LogP contribution in [0.15, 0.2) is 24.3 Å². The molecule has 1 fully saturated rings. The summed E-state index contributed by atoms with van der Waals surface area (Å²) in [7, 11) is 3.62. The van der Waals surface area contributed by atoms with Crippen LogP contribution in [0.1, 0.15) is 29.6 Å². The number of benzene rings is 1. The molecule has 1 aromatic carbocycles. The summed E-state index contributed by atoms with van der Waals surface area (Å²) < 4.78 is 5.12. The Balaban J connectivity index is 0.00000220. The molecule has 0 atom stereocenters.